The molecule has 1 aromatic carbocycles. The summed E-state index contributed by atoms with van der Waals surface area (Å²) in [5.74, 6) is 0.743. The van der Waals surface area contributed by atoms with Crippen molar-refractivity contribution < 1.29 is 9.59 Å². The third-order valence-corrected chi connectivity index (χ3v) is 4.26. The fourth-order valence-electron chi connectivity index (χ4n) is 3.14. The van der Waals surface area contributed by atoms with Crippen molar-refractivity contribution in [2.24, 2.45) is 5.92 Å². The van der Waals surface area contributed by atoms with E-state index < -0.39 is 0 Å². The molecule has 1 aromatic rings. The lowest BCUT2D eigenvalue weighted by molar-refractivity contribution is -0.117. The van der Waals surface area contributed by atoms with E-state index in [2.05, 4.69) is 5.32 Å². The quantitative estimate of drug-likeness (QED) is 0.853. The molecule has 20 heavy (non-hydrogen) atoms. The predicted octanol–water partition coefficient (Wildman–Crippen LogP) is 1.78. The Hall–Kier alpha value is -1.68. The maximum atomic E-state index is 12.2. The van der Waals surface area contributed by atoms with E-state index in [1.54, 1.807) is 6.92 Å². The second-order valence-electron chi connectivity index (χ2n) is 5.79. The van der Waals surface area contributed by atoms with E-state index in [0.29, 0.717) is 17.9 Å². The summed E-state index contributed by atoms with van der Waals surface area (Å²) in [5, 5.41) is 3.39. The Labute approximate surface area is 119 Å². The molecule has 106 valence electrons. The van der Waals surface area contributed by atoms with Crippen LogP contribution >= 0.6 is 0 Å². The van der Waals surface area contributed by atoms with E-state index in [1.807, 2.05) is 23.1 Å². The van der Waals surface area contributed by atoms with Crippen LogP contribution in [0, 0.1) is 5.92 Å². The molecule has 2 aliphatic heterocycles. The zero-order chi connectivity index (χ0) is 14.1. The zero-order valence-electron chi connectivity index (χ0n) is 11.8. The molecule has 0 saturated carbocycles. The number of Topliss-reactive ketones (excluding diaryl/α,β-unsaturated/α-hetero) is 1. The number of hydrogen-bond donors (Lipinski definition) is 1. The normalized spacial score (nSPS) is 21.9. The third kappa shape index (κ3) is 2.48. The van der Waals surface area contributed by atoms with E-state index in [9.17, 15) is 9.59 Å². The van der Waals surface area contributed by atoms with Gasteiger partial charge in [-0.3, -0.25) is 9.59 Å². The molecule has 0 bridgehead atoms. The number of benzene rings is 1. The van der Waals surface area contributed by atoms with Gasteiger partial charge in [0.1, 0.15) is 0 Å². The first kappa shape index (κ1) is 13.3. The maximum Gasteiger partial charge on any atom is 0.231 e. The molecule has 1 N–H and O–H groups in total. The molecule has 1 unspecified atom stereocenters. The molecule has 4 heteroatoms. The van der Waals surface area contributed by atoms with Gasteiger partial charge in [-0.05, 0) is 62.5 Å². The van der Waals surface area contributed by atoms with Crippen LogP contribution in [-0.4, -0.2) is 31.3 Å². The molecule has 0 spiro atoms. The standard InChI is InChI=1S/C16H20N2O2/c1-11(19)13-4-5-15-14(7-13)8-16(20)18(15)10-12-3-2-6-17-9-12/h4-5,7,12,17H,2-3,6,8-10H2,1H3. The Bertz CT molecular complexity index is 547. The van der Waals surface area contributed by atoms with Crippen molar-refractivity contribution >= 4 is 17.4 Å². The van der Waals surface area contributed by atoms with Crippen LogP contribution in [0.1, 0.15) is 35.7 Å². The van der Waals surface area contributed by atoms with Crippen molar-refractivity contribution in [2.75, 3.05) is 24.5 Å². The summed E-state index contributed by atoms with van der Waals surface area (Å²) < 4.78 is 0. The number of nitrogens with zero attached hydrogens (tertiary/aromatic N) is 1. The van der Waals surface area contributed by atoms with Gasteiger partial charge in [-0.1, -0.05) is 0 Å². The van der Waals surface area contributed by atoms with E-state index >= 15 is 0 Å². The minimum absolute atomic E-state index is 0.0511. The lowest BCUT2D eigenvalue weighted by atomic mass is 9.99. The SMILES string of the molecule is CC(=O)c1ccc2c(c1)CC(=O)N2CC1CCCNC1. The number of hydrogen-bond acceptors (Lipinski definition) is 3. The van der Waals surface area contributed by atoms with E-state index in [1.165, 1.54) is 12.8 Å². The van der Waals surface area contributed by atoms with Gasteiger partial charge >= 0.3 is 0 Å². The van der Waals surface area contributed by atoms with Crippen LogP contribution in [0.2, 0.25) is 0 Å². The Kier molecular flexibility index (Phi) is 3.57. The monoisotopic (exact) mass is 272 g/mol. The summed E-state index contributed by atoms with van der Waals surface area (Å²) in [7, 11) is 0. The first-order valence-corrected chi connectivity index (χ1v) is 7.30. The van der Waals surface area contributed by atoms with Gasteiger partial charge in [0.2, 0.25) is 5.91 Å². The van der Waals surface area contributed by atoms with Gasteiger partial charge in [0.25, 0.3) is 0 Å². The van der Waals surface area contributed by atoms with E-state index in [0.717, 1.165) is 30.9 Å². The van der Waals surface area contributed by atoms with Gasteiger partial charge in [-0.2, -0.15) is 0 Å². The summed E-state index contributed by atoms with van der Waals surface area (Å²) in [6.45, 7) is 4.43. The number of ketones is 1. The largest absolute Gasteiger partial charge is 0.316 e. The van der Waals surface area contributed by atoms with Crippen molar-refractivity contribution in [1.29, 1.82) is 0 Å². The van der Waals surface area contributed by atoms with E-state index in [-0.39, 0.29) is 11.7 Å². The molecule has 2 aliphatic rings. The zero-order valence-corrected chi connectivity index (χ0v) is 11.8. The molecule has 2 heterocycles. The van der Waals surface area contributed by atoms with Gasteiger partial charge < -0.3 is 10.2 Å². The number of fused-ring (bicyclic) bond motifs is 1. The number of piperidine rings is 1. The summed E-state index contributed by atoms with van der Waals surface area (Å²) in [6, 6.07) is 5.62. The van der Waals surface area contributed by atoms with Crippen LogP contribution in [0.4, 0.5) is 5.69 Å². The van der Waals surface area contributed by atoms with Gasteiger partial charge in [0.15, 0.2) is 5.78 Å². The van der Waals surface area contributed by atoms with Crippen molar-refractivity contribution in [3.8, 4) is 0 Å². The highest BCUT2D eigenvalue weighted by molar-refractivity contribution is 6.03. The fourth-order valence-corrected chi connectivity index (χ4v) is 3.14. The average Bonchev–Trinajstić information content (AvgIpc) is 2.75. The Morgan fingerprint density at radius 3 is 3.00 bits per heavy atom. The highest BCUT2D eigenvalue weighted by atomic mass is 16.2. The fraction of sp³-hybridized carbons (Fsp3) is 0.500. The van der Waals surface area contributed by atoms with Crippen LogP contribution in [0.25, 0.3) is 0 Å². The molecule has 1 saturated heterocycles. The molecule has 1 amide bonds. The minimum Gasteiger partial charge on any atom is -0.316 e. The molecule has 0 aromatic heterocycles. The number of carbonyl (C=O) groups excluding carboxylic acids is 2. The second-order valence-corrected chi connectivity index (χ2v) is 5.79. The van der Waals surface area contributed by atoms with Gasteiger partial charge in [0, 0.05) is 17.8 Å². The number of rotatable bonds is 3. The molecule has 1 atom stereocenters. The van der Waals surface area contributed by atoms with Crippen molar-refractivity contribution in [2.45, 2.75) is 26.2 Å². The first-order chi connectivity index (χ1) is 9.65. The van der Waals surface area contributed by atoms with Crippen LogP contribution in [0.3, 0.4) is 0 Å². The number of nitrogens with one attached hydrogen (secondary N) is 1. The highest BCUT2D eigenvalue weighted by Crippen LogP contribution is 2.31. The lowest BCUT2D eigenvalue weighted by Crippen LogP contribution is -2.39. The van der Waals surface area contributed by atoms with Gasteiger partial charge in [0.05, 0.1) is 6.42 Å². The molecule has 0 radical (unpaired) electrons. The Morgan fingerprint density at radius 1 is 1.45 bits per heavy atom. The van der Waals surface area contributed by atoms with Crippen molar-refractivity contribution in [3.63, 3.8) is 0 Å². The molecular formula is C16H20N2O2. The van der Waals surface area contributed by atoms with Crippen molar-refractivity contribution in [3.05, 3.63) is 29.3 Å². The predicted molar refractivity (Wildman–Crippen MR) is 78.1 cm³/mol. The van der Waals surface area contributed by atoms with Gasteiger partial charge in [-0.15, -0.1) is 0 Å². The summed E-state index contributed by atoms with van der Waals surface area (Å²) in [5.41, 5.74) is 2.68. The molecule has 0 aliphatic carbocycles. The maximum absolute atomic E-state index is 12.2. The molecular weight excluding hydrogens is 252 g/mol. The van der Waals surface area contributed by atoms with Crippen LogP contribution in [-0.2, 0) is 11.2 Å². The smallest absolute Gasteiger partial charge is 0.231 e. The average molecular weight is 272 g/mol. The minimum atomic E-state index is 0.0511. The lowest BCUT2D eigenvalue weighted by Gasteiger charge is -2.28. The number of amides is 1. The van der Waals surface area contributed by atoms with Crippen LogP contribution in [0.5, 0.6) is 0 Å². The number of anilines is 1. The van der Waals surface area contributed by atoms with E-state index in [4.69, 9.17) is 0 Å². The van der Waals surface area contributed by atoms with Gasteiger partial charge in [-0.25, -0.2) is 0 Å². The molecule has 3 rings (SSSR count). The van der Waals surface area contributed by atoms with Crippen LogP contribution in [0.15, 0.2) is 18.2 Å². The highest BCUT2D eigenvalue weighted by Gasteiger charge is 2.30. The first-order valence-electron chi connectivity index (χ1n) is 7.30. The summed E-state index contributed by atoms with van der Waals surface area (Å²) >= 11 is 0. The topological polar surface area (TPSA) is 49.4 Å². The molecule has 1 fully saturated rings. The Balaban J connectivity index is 1.80. The number of carbonyl (C=O) groups is 2. The Morgan fingerprint density at radius 2 is 2.30 bits per heavy atom. The third-order valence-electron chi connectivity index (χ3n) is 4.26. The molecule has 4 nitrogen and oxygen atoms in total. The summed E-state index contributed by atoms with van der Waals surface area (Å²) in [4.78, 5) is 25.5. The van der Waals surface area contributed by atoms with Crippen molar-refractivity contribution in [1.82, 2.24) is 5.32 Å². The second kappa shape index (κ2) is 5.37. The summed E-state index contributed by atoms with van der Waals surface area (Å²) in [6.07, 6.45) is 2.79. The van der Waals surface area contributed by atoms with Crippen LogP contribution < -0.4 is 10.2 Å².